The molecule has 0 atom stereocenters. The van der Waals surface area contributed by atoms with Crippen molar-refractivity contribution in [2.45, 2.75) is 18.8 Å². The van der Waals surface area contributed by atoms with Gasteiger partial charge >= 0.3 is 0 Å². The number of anilines is 1. The van der Waals surface area contributed by atoms with Crippen molar-refractivity contribution in [1.82, 2.24) is 9.97 Å². The molecule has 1 heterocycles. The number of halogens is 1. The molecule has 0 saturated heterocycles. The third-order valence-corrected chi connectivity index (χ3v) is 3.27. The SMILES string of the molecule is Nc1nc(C2CC2)ncc1-c1ccccc1Cl. The molecule has 2 N–H and O–H groups in total. The molecule has 0 aliphatic heterocycles. The second-order valence-corrected chi connectivity index (χ2v) is 4.69. The number of nitrogen functional groups attached to an aromatic ring is 1. The molecule has 1 aliphatic carbocycles. The van der Waals surface area contributed by atoms with Crippen molar-refractivity contribution >= 4 is 17.4 Å². The molecule has 2 aromatic rings. The Morgan fingerprint density at radius 1 is 1.18 bits per heavy atom. The van der Waals surface area contributed by atoms with E-state index in [0.29, 0.717) is 16.8 Å². The topological polar surface area (TPSA) is 51.8 Å². The van der Waals surface area contributed by atoms with Crippen molar-refractivity contribution in [3.8, 4) is 11.1 Å². The van der Waals surface area contributed by atoms with Crippen LogP contribution in [0.1, 0.15) is 24.6 Å². The van der Waals surface area contributed by atoms with Gasteiger partial charge in [-0.05, 0) is 18.9 Å². The molecule has 1 aliphatic rings. The maximum atomic E-state index is 6.13. The lowest BCUT2D eigenvalue weighted by Crippen LogP contribution is -2.00. The predicted octanol–water partition coefficient (Wildman–Crippen LogP) is 3.26. The summed E-state index contributed by atoms with van der Waals surface area (Å²) in [6.07, 6.45) is 4.12. The van der Waals surface area contributed by atoms with Gasteiger partial charge in [-0.2, -0.15) is 0 Å². The van der Waals surface area contributed by atoms with Gasteiger partial charge in [0.15, 0.2) is 0 Å². The number of hydrogen-bond donors (Lipinski definition) is 1. The molecule has 1 saturated carbocycles. The van der Waals surface area contributed by atoms with Crippen LogP contribution in [0.25, 0.3) is 11.1 Å². The molecule has 0 unspecified atom stereocenters. The summed E-state index contributed by atoms with van der Waals surface area (Å²) < 4.78 is 0. The van der Waals surface area contributed by atoms with Crippen molar-refractivity contribution < 1.29 is 0 Å². The summed E-state index contributed by atoms with van der Waals surface area (Å²) >= 11 is 6.13. The van der Waals surface area contributed by atoms with E-state index in [1.54, 1.807) is 6.20 Å². The first-order valence-corrected chi connectivity index (χ1v) is 6.01. The zero-order valence-electron chi connectivity index (χ0n) is 9.23. The lowest BCUT2D eigenvalue weighted by molar-refractivity contribution is 0.934. The first-order valence-electron chi connectivity index (χ1n) is 5.63. The van der Waals surface area contributed by atoms with Crippen LogP contribution in [0.5, 0.6) is 0 Å². The van der Waals surface area contributed by atoms with Gasteiger partial charge in [0, 0.05) is 28.3 Å². The maximum absolute atomic E-state index is 6.13. The average molecular weight is 246 g/mol. The Hall–Kier alpha value is -1.61. The van der Waals surface area contributed by atoms with Gasteiger partial charge in [0.05, 0.1) is 0 Å². The molecule has 0 bridgehead atoms. The second-order valence-electron chi connectivity index (χ2n) is 4.28. The lowest BCUT2D eigenvalue weighted by atomic mass is 10.1. The lowest BCUT2D eigenvalue weighted by Gasteiger charge is -2.07. The number of benzene rings is 1. The van der Waals surface area contributed by atoms with Crippen molar-refractivity contribution in [3.63, 3.8) is 0 Å². The van der Waals surface area contributed by atoms with Gasteiger partial charge in [-0.25, -0.2) is 9.97 Å². The molecule has 86 valence electrons. The highest BCUT2D eigenvalue weighted by molar-refractivity contribution is 6.33. The molecule has 0 amide bonds. The Morgan fingerprint density at radius 2 is 1.94 bits per heavy atom. The van der Waals surface area contributed by atoms with E-state index < -0.39 is 0 Å². The van der Waals surface area contributed by atoms with E-state index in [0.717, 1.165) is 17.0 Å². The fraction of sp³-hybridized carbons (Fsp3) is 0.231. The number of aromatic nitrogens is 2. The van der Waals surface area contributed by atoms with Crippen LogP contribution < -0.4 is 5.73 Å². The van der Waals surface area contributed by atoms with Gasteiger partial charge in [0.1, 0.15) is 11.6 Å². The first-order chi connectivity index (χ1) is 8.25. The zero-order valence-corrected chi connectivity index (χ0v) is 9.98. The third-order valence-electron chi connectivity index (χ3n) is 2.94. The van der Waals surface area contributed by atoms with Crippen molar-refractivity contribution in [2.24, 2.45) is 0 Å². The van der Waals surface area contributed by atoms with Gasteiger partial charge < -0.3 is 5.73 Å². The van der Waals surface area contributed by atoms with Crippen molar-refractivity contribution in [2.75, 3.05) is 5.73 Å². The third kappa shape index (κ3) is 1.98. The van der Waals surface area contributed by atoms with Gasteiger partial charge in [-0.3, -0.25) is 0 Å². The molecular weight excluding hydrogens is 234 g/mol. The second kappa shape index (κ2) is 4.00. The summed E-state index contributed by atoms with van der Waals surface area (Å²) in [7, 11) is 0. The van der Waals surface area contributed by atoms with Gasteiger partial charge in [0.25, 0.3) is 0 Å². The van der Waals surface area contributed by atoms with Gasteiger partial charge in [-0.15, -0.1) is 0 Å². The minimum atomic E-state index is 0.509. The fourth-order valence-corrected chi connectivity index (χ4v) is 2.07. The highest BCUT2D eigenvalue weighted by Crippen LogP contribution is 2.39. The van der Waals surface area contributed by atoms with E-state index in [9.17, 15) is 0 Å². The van der Waals surface area contributed by atoms with Gasteiger partial charge in [0.2, 0.25) is 0 Å². The van der Waals surface area contributed by atoms with Crippen LogP contribution in [0.3, 0.4) is 0 Å². The minimum Gasteiger partial charge on any atom is -0.383 e. The molecule has 1 fully saturated rings. The van der Waals surface area contributed by atoms with Crippen LogP contribution in [-0.4, -0.2) is 9.97 Å². The predicted molar refractivity (Wildman–Crippen MR) is 68.9 cm³/mol. The van der Waals surface area contributed by atoms with Crippen LogP contribution in [-0.2, 0) is 0 Å². The molecule has 4 heteroatoms. The summed E-state index contributed by atoms with van der Waals surface area (Å²) in [6, 6.07) is 7.58. The Labute approximate surface area is 105 Å². The summed E-state index contributed by atoms with van der Waals surface area (Å²) in [5, 5.41) is 0.668. The Kier molecular flexibility index (Phi) is 2.48. The highest BCUT2D eigenvalue weighted by atomic mass is 35.5. The fourth-order valence-electron chi connectivity index (χ4n) is 1.83. The van der Waals surface area contributed by atoms with E-state index in [2.05, 4.69) is 9.97 Å². The van der Waals surface area contributed by atoms with E-state index in [4.69, 9.17) is 17.3 Å². The van der Waals surface area contributed by atoms with E-state index in [1.165, 1.54) is 12.8 Å². The minimum absolute atomic E-state index is 0.509. The summed E-state index contributed by atoms with van der Waals surface area (Å²) in [6.45, 7) is 0. The smallest absolute Gasteiger partial charge is 0.135 e. The van der Waals surface area contributed by atoms with E-state index >= 15 is 0 Å². The number of nitrogens with two attached hydrogens (primary N) is 1. The van der Waals surface area contributed by atoms with Gasteiger partial charge in [-0.1, -0.05) is 29.8 Å². The normalized spacial score (nSPS) is 14.9. The Morgan fingerprint density at radius 3 is 2.59 bits per heavy atom. The largest absolute Gasteiger partial charge is 0.383 e. The summed E-state index contributed by atoms with van der Waals surface area (Å²) in [5.41, 5.74) is 7.67. The number of nitrogens with zero attached hydrogens (tertiary/aromatic N) is 2. The van der Waals surface area contributed by atoms with Crippen LogP contribution in [0.4, 0.5) is 5.82 Å². The van der Waals surface area contributed by atoms with Crippen molar-refractivity contribution in [3.05, 3.63) is 41.3 Å². The standard InChI is InChI=1S/C13H12ClN3/c14-11-4-2-1-3-9(11)10-7-16-13(8-5-6-8)17-12(10)15/h1-4,7-8H,5-6H2,(H2,15,16,17). The molecular formula is C13H12ClN3. The summed E-state index contributed by atoms with van der Waals surface area (Å²) in [4.78, 5) is 8.73. The van der Waals surface area contributed by atoms with Crippen molar-refractivity contribution in [1.29, 1.82) is 0 Å². The van der Waals surface area contributed by atoms with Crippen LogP contribution in [0, 0.1) is 0 Å². The quantitative estimate of drug-likeness (QED) is 0.884. The average Bonchev–Trinajstić information content (AvgIpc) is 3.14. The Balaban J connectivity index is 2.06. The van der Waals surface area contributed by atoms with Crippen LogP contribution in [0.2, 0.25) is 5.02 Å². The first kappa shape index (κ1) is 10.5. The molecule has 1 aromatic carbocycles. The molecule has 0 spiro atoms. The summed E-state index contributed by atoms with van der Waals surface area (Å²) in [5.74, 6) is 1.88. The molecule has 3 nitrogen and oxygen atoms in total. The number of hydrogen-bond acceptors (Lipinski definition) is 3. The molecule has 0 radical (unpaired) electrons. The Bertz CT molecular complexity index is 564. The molecule has 17 heavy (non-hydrogen) atoms. The van der Waals surface area contributed by atoms with E-state index in [-0.39, 0.29) is 0 Å². The van der Waals surface area contributed by atoms with E-state index in [1.807, 2.05) is 24.3 Å². The highest BCUT2D eigenvalue weighted by Gasteiger charge is 2.27. The van der Waals surface area contributed by atoms with Crippen LogP contribution in [0.15, 0.2) is 30.5 Å². The molecule has 3 rings (SSSR count). The molecule has 1 aromatic heterocycles. The number of rotatable bonds is 2. The monoisotopic (exact) mass is 245 g/mol. The zero-order chi connectivity index (χ0) is 11.8. The van der Waals surface area contributed by atoms with Crippen LogP contribution >= 0.6 is 11.6 Å². The maximum Gasteiger partial charge on any atom is 0.135 e.